The third-order valence-corrected chi connectivity index (χ3v) is 3.34. The van der Waals surface area contributed by atoms with Crippen molar-refractivity contribution < 1.29 is 39.6 Å². The smallest absolute Gasteiger partial charge is 0.317 e. The SMILES string of the molecule is CCN=C=NCCCN(C)C.Cl.O=C(O)CN(CCN(CC(=O)O)CC(=O)O)CC(=O)O. The molecule has 0 aliphatic carbocycles. The minimum Gasteiger partial charge on any atom is -0.480 e. The van der Waals surface area contributed by atoms with Gasteiger partial charge in [-0.15, -0.1) is 12.4 Å². The number of carbonyl (C=O) groups is 4. The summed E-state index contributed by atoms with van der Waals surface area (Å²) in [4.78, 5) is 54.4. The molecule has 0 aliphatic rings. The van der Waals surface area contributed by atoms with Crippen LogP contribution in [0.2, 0.25) is 0 Å². The normalized spacial score (nSPS) is 9.94. The van der Waals surface area contributed by atoms with E-state index in [1.807, 2.05) is 6.92 Å². The van der Waals surface area contributed by atoms with Crippen LogP contribution in [0.15, 0.2) is 9.98 Å². The summed E-state index contributed by atoms with van der Waals surface area (Å²) in [6, 6.07) is 2.64. The van der Waals surface area contributed by atoms with Crippen LogP contribution in [0, 0.1) is 0 Å². The van der Waals surface area contributed by atoms with Crippen molar-refractivity contribution in [1.82, 2.24) is 14.7 Å². The van der Waals surface area contributed by atoms with Crippen LogP contribution in [0.25, 0.3) is 0 Å². The molecule has 0 radical (unpaired) electrons. The Balaban J connectivity index is -0.000000597. The second-order valence-corrected chi connectivity index (χ2v) is 6.61. The monoisotopic (exact) mass is 483 g/mol. The summed E-state index contributed by atoms with van der Waals surface area (Å²) in [5.41, 5.74) is 0. The van der Waals surface area contributed by atoms with Crippen molar-refractivity contribution in [3.05, 3.63) is 0 Å². The lowest BCUT2D eigenvalue weighted by Crippen LogP contribution is -2.43. The highest BCUT2D eigenvalue weighted by atomic mass is 35.5. The standard InChI is InChI=1S/C10H16N2O8.C8H17N3.ClH/c13-7(14)3-11(4-8(15)16)1-2-12(5-9(17)18)6-10(19)20;1-4-9-8-10-6-5-7-11(2)3;/h1-6H2,(H,13,14)(H,15,16)(H,17,18)(H,19,20);4-7H2,1-3H3;1H. The van der Waals surface area contributed by atoms with Gasteiger partial charge >= 0.3 is 23.9 Å². The molecule has 0 spiro atoms. The molecule has 32 heavy (non-hydrogen) atoms. The Morgan fingerprint density at radius 3 is 1.38 bits per heavy atom. The molecule has 0 saturated heterocycles. The molecule has 0 bridgehead atoms. The molecule has 0 saturated carbocycles. The van der Waals surface area contributed by atoms with Gasteiger partial charge in [-0.05, 0) is 34.0 Å². The molecular weight excluding hydrogens is 450 g/mol. The molecule has 4 N–H and O–H groups in total. The molecule has 0 aromatic carbocycles. The second-order valence-electron chi connectivity index (χ2n) is 6.61. The quantitative estimate of drug-likeness (QED) is 0.163. The van der Waals surface area contributed by atoms with Crippen LogP contribution in [-0.2, 0) is 19.2 Å². The van der Waals surface area contributed by atoms with E-state index in [-0.39, 0.29) is 25.5 Å². The molecule has 0 aliphatic heterocycles. The van der Waals surface area contributed by atoms with Crippen LogP contribution in [0.1, 0.15) is 13.3 Å². The lowest BCUT2D eigenvalue weighted by Gasteiger charge is -2.23. The van der Waals surface area contributed by atoms with E-state index >= 15 is 0 Å². The first-order valence-electron chi connectivity index (χ1n) is 9.52. The van der Waals surface area contributed by atoms with Crippen LogP contribution in [-0.4, -0.2) is 138 Å². The van der Waals surface area contributed by atoms with Gasteiger partial charge in [0.2, 0.25) is 0 Å². The largest absolute Gasteiger partial charge is 0.480 e. The molecule has 14 heteroatoms. The van der Waals surface area contributed by atoms with Crippen molar-refractivity contribution in [2.75, 3.05) is 73.0 Å². The molecule has 0 fully saturated rings. The van der Waals surface area contributed by atoms with Crippen molar-refractivity contribution in [2.24, 2.45) is 9.98 Å². The molecule has 0 unspecified atom stereocenters. The molecule has 0 aromatic rings. The van der Waals surface area contributed by atoms with Gasteiger partial charge in [0.1, 0.15) is 0 Å². The Bertz CT molecular complexity index is 558. The van der Waals surface area contributed by atoms with Gasteiger partial charge in [0, 0.05) is 19.6 Å². The number of aliphatic carboxylic acids is 4. The van der Waals surface area contributed by atoms with E-state index in [0.717, 1.165) is 35.9 Å². The lowest BCUT2D eigenvalue weighted by molar-refractivity contribution is -0.145. The number of carboxylic acid groups (broad SMARTS) is 4. The summed E-state index contributed by atoms with van der Waals surface area (Å²) in [6.45, 7) is 2.41. The van der Waals surface area contributed by atoms with E-state index < -0.39 is 50.1 Å². The Morgan fingerprint density at radius 2 is 1.09 bits per heavy atom. The molecule has 0 aromatic heterocycles. The van der Waals surface area contributed by atoms with Gasteiger partial charge in [0.15, 0.2) is 0 Å². The van der Waals surface area contributed by atoms with Crippen LogP contribution < -0.4 is 0 Å². The number of hydrogen-bond acceptors (Lipinski definition) is 9. The zero-order valence-electron chi connectivity index (χ0n) is 18.6. The van der Waals surface area contributed by atoms with Gasteiger partial charge in [-0.1, -0.05) is 0 Å². The van der Waals surface area contributed by atoms with E-state index in [9.17, 15) is 19.2 Å². The average molecular weight is 484 g/mol. The Labute approximate surface area is 193 Å². The van der Waals surface area contributed by atoms with E-state index in [0.29, 0.717) is 0 Å². The fourth-order valence-corrected chi connectivity index (χ4v) is 2.11. The molecule has 0 rings (SSSR count). The number of aliphatic imine (C=N–C) groups is 2. The summed E-state index contributed by atoms with van der Waals surface area (Å²) in [7, 11) is 4.12. The summed E-state index contributed by atoms with van der Waals surface area (Å²) >= 11 is 0. The van der Waals surface area contributed by atoms with Crippen LogP contribution in [0.3, 0.4) is 0 Å². The van der Waals surface area contributed by atoms with E-state index in [2.05, 4.69) is 35.0 Å². The van der Waals surface area contributed by atoms with Crippen molar-refractivity contribution in [2.45, 2.75) is 13.3 Å². The third kappa shape index (κ3) is 27.4. The zero-order chi connectivity index (χ0) is 24.2. The van der Waals surface area contributed by atoms with Crippen molar-refractivity contribution in [1.29, 1.82) is 0 Å². The summed E-state index contributed by atoms with van der Waals surface area (Å²) < 4.78 is 0. The predicted octanol–water partition coefficient (Wildman–Crippen LogP) is -0.517. The number of halogens is 1. The minimum absolute atomic E-state index is 0. The predicted molar refractivity (Wildman–Crippen MR) is 119 cm³/mol. The molecule has 0 amide bonds. The van der Waals surface area contributed by atoms with Gasteiger partial charge in [-0.2, -0.15) is 0 Å². The average Bonchev–Trinajstić information content (AvgIpc) is 2.61. The van der Waals surface area contributed by atoms with Crippen LogP contribution in [0.4, 0.5) is 0 Å². The van der Waals surface area contributed by atoms with Crippen LogP contribution in [0.5, 0.6) is 0 Å². The Hall–Kier alpha value is -2.57. The van der Waals surface area contributed by atoms with Gasteiger partial charge in [-0.25, -0.2) is 9.98 Å². The lowest BCUT2D eigenvalue weighted by atomic mass is 10.4. The first-order valence-corrected chi connectivity index (χ1v) is 9.52. The van der Waals surface area contributed by atoms with Crippen LogP contribution >= 0.6 is 12.4 Å². The third-order valence-electron chi connectivity index (χ3n) is 3.34. The van der Waals surface area contributed by atoms with Gasteiger partial charge < -0.3 is 25.3 Å². The van der Waals surface area contributed by atoms with Crippen molar-refractivity contribution in [3.8, 4) is 0 Å². The maximum Gasteiger partial charge on any atom is 0.317 e. The number of nitrogens with zero attached hydrogens (tertiary/aromatic N) is 5. The first kappa shape index (κ1) is 34.1. The second kappa shape index (κ2) is 21.7. The topological polar surface area (TPSA) is 184 Å². The zero-order valence-corrected chi connectivity index (χ0v) is 19.5. The fourth-order valence-electron chi connectivity index (χ4n) is 2.11. The minimum atomic E-state index is -1.23. The summed E-state index contributed by atoms with van der Waals surface area (Å²) in [6.07, 6.45) is 1.08. The highest BCUT2D eigenvalue weighted by Gasteiger charge is 2.17. The van der Waals surface area contributed by atoms with Gasteiger partial charge in [-0.3, -0.25) is 29.0 Å². The van der Waals surface area contributed by atoms with Crippen molar-refractivity contribution >= 4 is 42.3 Å². The fraction of sp³-hybridized carbons (Fsp3) is 0.722. The summed E-state index contributed by atoms with van der Waals surface area (Å²) in [5, 5.41) is 34.5. The highest BCUT2D eigenvalue weighted by molar-refractivity contribution is 5.85. The molecule has 13 nitrogen and oxygen atoms in total. The Morgan fingerprint density at radius 1 is 0.719 bits per heavy atom. The van der Waals surface area contributed by atoms with Crippen molar-refractivity contribution in [3.63, 3.8) is 0 Å². The molecular formula is C18H34ClN5O8. The number of hydrogen-bond donors (Lipinski definition) is 4. The maximum atomic E-state index is 10.6. The van der Waals surface area contributed by atoms with E-state index in [1.165, 1.54) is 0 Å². The maximum absolute atomic E-state index is 10.6. The first-order chi connectivity index (χ1) is 14.5. The van der Waals surface area contributed by atoms with E-state index in [1.54, 1.807) is 0 Å². The molecule has 0 heterocycles. The van der Waals surface area contributed by atoms with E-state index in [4.69, 9.17) is 20.4 Å². The number of rotatable bonds is 16. The Kier molecular flexibility index (Phi) is 23.0. The highest BCUT2D eigenvalue weighted by Crippen LogP contribution is 1.94. The summed E-state index contributed by atoms with van der Waals surface area (Å²) in [5.74, 6) is -4.91. The van der Waals surface area contributed by atoms with Gasteiger partial charge in [0.25, 0.3) is 0 Å². The molecule has 0 atom stereocenters. The molecule has 186 valence electrons. The van der Waals surface area contributed by atoms with Gasteiger partial charge in [0.05, 0.1) is 38.7 Å². The number of carboxylic acids is 4.